The van der Waals surface area contributed by atoms with Gasteiger partial charge in [-0.05, 0) is 57.5 Å². The summed E-state index contributed by atoms with van der Waals surface area (Å²) in [5, 5.41) is 14.6. The van der Waals surface area contributed by atoms with E-state index in [9.17, 15) is 19.5 Å². The van der Waals surface area contributed by atoms with E-state index in [1.165, 1.54) is 18.1 Å². The second-order valence-corrected chi connectivity index (χ2v) is 11.4. The summed E-state index contributed by atoms with van der Waals surface area (Å²) < 4.78 is 21.8. The molecule has 1 aliphatic heterocycles. The van der Waals surface area contributed by atoms with Crippen molar-refractivity contribution in [1.82, 2.24) is 10.3 Å². The number of alkyl halides is 1. The number of carbonyl (C=O) groups excluding carboxylic acids is 3. The highest BCUT2D eigenvalue weighted by molar-refractivity contribution is 6.20. The fraction of sp³-hybridized carbons (Fsp3) is 0.367. The van der Waals surface area contributed by atoms with Gasteiger partial charge in [0.2, 0.25) is 0 Å². The second kappa shape index (κ2) is 11.1. The number of hydrogen-bond acceptors (Lipinski definition) is 8. The van der Waals surface area contributed by atoms with Crippen LogP contribution in [0.4, 0.5) is 10.5 Å². The summed E-state index contributed by atoms with van der Waals surface area (Å²) in [7, 11) is 1.29. The van der Waals surface area contributed by atoms with Crippen molar-refractivity contribution in [2.45, 2.75) is 39.2 Å². The van der Waals surface area contributed by atoms with E-state index >= 15 is 0 Å². The zero-order chi connectivity index (χ0) is 30.3. The van der Waals surface area contributed by atoms with Crippen LogP contribution in [0.3, 0.4) is 0 Å². The number of anilines is 1. The number of fused-ring (bicyclic) bond motifs is 4. The number of carbonyl (C=O) groups is 3. The topological polar surface area (TPSA) is 143 Å². The predicted octanol–water partition coefficient (Wildman–Crippen LogP) is 5.60. The molecule has 0 radical (unpaired) electrons. The number of alkyl carbamates (subject to hydrolysis) is 1. The molecule has 0 spiro atoms. The Kier molecular flexibility index (Phi) is 7.72. The number of aromatic hydroxyl groups is 1. The van der Waals surface area contributed by atoms with Gasteiger partial charge in [-0.25, -0.2) is 9.59 Å². The van der Waals surface area contributed by atoms with Gasteiger partial charge in [0, 0.05) is 40.9 Å². The third-order valence-corrected chi connectivity index (χ3v) is 7.30. The number of nitrogens with zero attached hydrogens (tertiary/aromatic N) is 1. The Morgan fingerprint density at radius 2 is 1.98 bits per heavy atom. The molecular formula is C30H32ClN3O8. The lowest BCUT2D eigenvalue weighted by Gasteiger charge is -2.19. The van der Waals surface area contributed by atoms with Crippen molar-refractivity contribution in [3.63, 3.8) is 0 Å². The summed E-state index contributed by atoms with van der Waals surface area (Å²) in [5.41, 5.74) is 2.24. The molecule has 0 saturated carbocycles. The molecule has 0 bridgehead atoms. The molecule has 1 atom stereocenters. The van der Waals surface area contributed by atoms with Crippen molar-refractivity contribution in [3.05, 3.63) is 52.9 Å². The van der Waals surface area contributed by atoms with Crippen LogP contribution in [0.15, 0.2) is 34.7 Å². The highest BCUT2D eigenvalue weighted by atomic mass is 35.5. The maximum atomic E-state index is 13.8. The zero-order valence-corrected chi connectivity index (χ0v) is 24.7. The van der Waals surface area contributed by atoms with E-state index < -0.39 is 23.6 Å². The average Bonchev–Trinajstić information content (AvgIpc) is 3.62. The zero-order valence-electron chi connectivity index (χ0n) is 23.9. The summed E-state index contributed by atoms with van der Waals surface area (Å²) in [6.45, 7) is 7.76. The number of hydrogen-bond donors (Lipinski definition) is 3. The molecule has 0 saturated heterocycles. The second-order valence-electron chi connectivity index (χ2n) is 11.0. The molecule has 12 heteroatoms. The number of halogens is 1. The van der Waals surface area contributed by atoms with Gasteiger partial charge in [0.15, 0.2) is 5.76 Å². The molecule has 11 nitrogen and oxygen atoms in total. The van der Waals surface area contributed by atoms with Crippen molar-refractivity contribution in [1.29, 1.82) is 0 Å². The Balaban J connectivity index is 1.38. The minimum atomic E-state index is -0.589. The molecule has 5 rings (SSSR count). The fourth-order valence-corrected chi connectivity index (χ4v) is 5.45. The van der Waals surface area contributed by atoms with Gasteiger partial charge < -0.3 is 38.9 Å². The number of aryl methyl sites for hydroxylation is 1. The molecule has 3 heterocycles. The van der Waals surface area contributed by atoms with Gasteiger partial charge in [-0.15, -0.1) is 11.6 Å². The Bertz CT molecular complexity index is 1700. The van der Waals surface area contributed by atoms with Crippen LogP contribution < -0.4 is 15.0 Å². The van der Waals surface area contributed by atoms with Crippen LogP contribution in [0.25, 0.3) is 21.9 Å². The number of nitrogens with one attached hydrogen (secondary N) is 2. The van der Waals surface area contributed by atoms with E-state index in [1.54, 1.807) is 52.0 Å². The quantitative estimate of drug-likeness (QED) is 0.142. The largest absolute Gasteiger partial charge is 0.506 e. The number of aromatic amines is 1. The van der Waals surface area contributed by atoms with Crippen LogP contribution >= 0.6 is 11.6 Å². The maximum Gasteiger partial charge on any atom is 0.407 e. The normalized spacial score (nSPS) is 14.7. The lowest BCUT2D eigenvalue weighted by Crippen LogP contribution is -2.34. The van der Waals surface area contributed by atoms with Crippen LogP contribution in [0.2, 0.25) is 0 Å². The molecule has 3 N–H and O–H groups in total. The molecule has 42 heavy (non-hydrogen) atoms. The smallest absolute Gasteiger partial charge is 0.407 e. The average molecular weight is 598 g/mol. The molecular weight excluding hydrogens is 566 g/mol. The van der Waals surface area contributed by atoms with Gasteiger partial charge in [-0.1, -0.05) is 0 Å². The van der Waals surface area contributed by atoms with Crippen molar-refractivity contribution < 1.29 is 38.1 Å². The summed E-state index contributed by atoms with van der Waals surface area (Å²) in [5.74, 6) is -0.574. The fourth-order valence-electron chi connectivity index (χ4n) is 5.20. The molecule has 222 valence electrons. The van der Waals surface area contributed by atoms with Crippen molar-refractivity contribution >= 4 is 57.1 Å². The lowest BCUT2D eigenvalue weighted by atomic mass is 9.95. The van der Waals surface area contributed by atoms with E-state index in [2.05, 4.69) is 10.3 Å². The van der Waals surface area contributed by atoms with Crippen LogP contribution in [-0.2, 0) is 9.47 Å². The summed E-state index contributed by atoms with van der Waals surface area (Å²) in [4.78, 5) is 42.8. The summed E-state index contributed by atoms with van der Waals surface area (Å²) >= 11 is 6.35. The third-order valence-electron chi connectivity index (χ3n) is 6.92. The highest BCUT2D eigenvalue weighted by Gasteiger charge is 2.38. The molecule has 4 aromatic rings. The number of methoxy groups -OCH3 is 1. The monoisotopic (exact) mass is 597 g/mol. The van der Waals surface area contributed by atoms with Gasteiger partial charge in [-0.3, -0.25) is 4.79 Å². The molecule has 2 aromatic carbocycles. The van der Waals surface area contributed by atoms with Gasteiger partial charge in [0.25, 0.3) is 5.91 Å². The van der Waals surface area contributed by atoms with Crippen LogP contribution in [0, 0.1) is 6.92 Å². The van der Waals surface area contributed by atoms with Crippen molar-refractivity contribution in [2.75, 3.05) is 37.6 Å². The van der Waals surface area contributed by atoms with Gasteiger partial charge >= 0.3 is 12.1 Å². The maximum absolute atomic E-state index is 13.8. The Morgan fingerprint density at radius 3 is 2.67 bits per heavy atom. The molecule has 0 aliphatic carbocycles. The number of rotatable bonds is 7. The number of ether oxygens (including phenoxy) is 3. The van der Waals surface area contributed by atoms with Crippen LogP contribution in [0.1, 0.15) is 58.9 Å². The predicted molar refractivity (Wildman–Crippen MR) is 157 cm³/mol. The van der Waals surface area contributed by atoms with Crippen LogP contribution in [0.5, 0.6) is 11.5 Å². The highest BCUT2D eigenvalue weighted by Crippen LogP contribution is 2.47. The standard InChI is InChI=1S/C30H32ClN3O8/c1-15-23(28(37)39-5)25-24-17(13-31)14-34(19(24)12-20(35)26(25)33-15)27(36)22-11-16-10-18(6-7-21(16)41-22)40-9-8-32-29(38)42-30(2,3)4/h6-7,10-12,17,33,35H,8-9,13-14H2,1-5H3,(H,32,38)/t17-/m1/s1. The molecule has 2 amide bonds. The minimum Gasteiger partial charge on any atom is -0.506 e. The molecule has 0 fully saturated rings. The Hall–Kier alpha value is -4.38. The molecule has 1 aliphatic rings. The number of esters is 1. The lowest BCUT2D eigenvalue weighted by molar-refractivity contribution is 0.0519. The van der Waals surface area contributed by atoms with Gasteiger partial charge in [0.05, 0.1) is 30.4 Å². The number of amides is 2. The van der Waals surface area contributed by atoms with Crippen molar-refractivity contribution in [2.24, 2.45) is 0 Å². The van der Waals surface area contributed by atoms with Crippen molar-refractivity contribution in [3.8, 4) is 11.5 Å². The first kappa shape index (κ1) is 29.1. The van der Waals surface area contributed by atoms with E-state index in [-0.39, 0.29) is 43.0 Å². The van der Waals surface area contributed by atoms with E-state index in [0.717, 1.165) is 0 Å². The Morgan fingerprint density at radius 1 is 1.21 bits per heavy atom. The van der Waals surface area contributed by atoms with E-state index in [1.807, 2.05) is 0 Å². The first-order valence-corrected chi connectivity index (χ1v) is 13.9. The number of phenolic OH excluding ortho intramolecular Hbond substituents is 1. The number of benzene rings is 2. The van der Waals surface area contributed by atoms with E-state index in [0.29, 0.717) is 50.1 Å². The first-order chi connectivity index (χ1) is 19.9. The number of aromatic nitrogens is 1. The van der Waals surface area contributed by atoms with Gasteiger partial charge in [0.1, 0.15) is 29.3 Å². The van der Waals surface area contributed by atoms with E-state index in [4.69, 9.17) is 30.2 Å². The molecule has 0 unspecified atom stereocenters. The SMILES string of the molecule is COC(=O)c1c(C)[nH]c2c(O)cc3c(c12)[C@H](CCl)CN3C(=O)c1cc2cc(OCCNC(=O)OC(C)(C)C)ccc2o1. The summed E-state index contributed by atoms with van der Waals surface area (Å²) in [6.07, 6.45) is -0.526. The van der Waals surface area contributed by atoms with Crippen LogP contribution in [-0.4, -0.2) is 66.3 Å². The molecule has 2 aromatic heterocycles. The Labute approximate surface area is 246 Å². The van der Waals surface area contributed by atoms with Gasteiger partial charge in [-0.2, -0.15) is 0 Å². The third kappa shape index (κ3) is 5.44. The summed E-state index contributed by atoms with van der Waals surface area (Å²) in [6, 6.07) is 8.26. The number of furan rings is 1. The first-order valence-electron chi connectivity index (χ1n) is 13.4. The number of phenols is 1. The minimum absolute atomic E-state index is 0.0907. The number of H-pyrrole nitrogens is 1.